The number of hydrogen-bond acceptors (Lipinski definition) is 4. The number of aryl methyl sites for hydroxylation is 1. The first-order valence-electron chi connectivity index (χ1n) is 8.90. The summed E-state index contributed by atoms with van der Waals surface area (Å²) in [5.41, 5.74) is 1.82. The van der Waals surface area contributed by atoms with E-state index in [1.165, 1.54) is 0 Å². The summed E-state index contributed by atoms with van der Waals surface area (Å²) >= 11 is 12.6. The van der Waals surface area contributed by atoms with Crippen LogP contribution in [0.25, 0.3) is 0 Å². The maximum atomic E-state index is 6.51. The number of benzene rings is 2. The zero-order valence-electron chi connectivity index (χ0n) is 15.6. The van der Waals surface area contributed by atoms with E-state index in [1.807, 2.05) is 48.1 Å². The summed E-state index contributed by atoms with van der Waals surface area (Å²) in [6.45, 7) is 0.415. The third-order valence-corrected chi connectivity index (χ3v) is 5.38. The first-order valence-corrected chi connectivity index (χ1v) is 9.65. The number of nitrogens with zero attached hydrogens (tertiary/aromatic N) is 2. The van der Waals surface area contributed by atoms with E-state index in [1.54, 1.807) is 25.4 Å². The first-order chi connectivity index (χ1) is 13.5. The highest BCUT2D eigenvalue weighted by Crippen LogP contribution is 2.43. The monoisotopic (exact) mass is 418 g/mol. The van der Waals surface area contributed by atoms with E-state index in [4.69, 9.17) is 37.4 Å². The van der Waals surface area contributed by atoms with Crippen LogP contribution in [0.5, 0.6) is 5.75 Å². The van der Waals surface area contributed by atoms with Gasteiger partial charge in [-0.15, -0.1) is 0 Å². The van der Waals surface area contributed by atoms with E-state index in [9.17, 15) is 0 Å². The molecule has 7 heteroatoms. The van der Waals surface area contributed by atoms with Crippen molar-refractivity contribution in [2.24, 2.45) is 7.05 Å². The summed E-state index contributed by atoms with van der Waals surface area (Å²) in [6, 6.07) is 13.2. The highest BCUT2D eigenvalue weighted by atomic mass is 35.5. The molecule has 0 aliphatic carbocycles. The lowest BCUT2D eigenvalue weighted by Gasteiger charge is -2.29. The van der Waals surface area contributed by atoms with E-state index in [0.717, 1.165) is 11.3 Å². The number of aromatic nitrogens is 2. The van der Waals surface area contributed by atoms with Gasteiger partial charge in [-0.05, 0) is 29.8 Å². The van der Waals surface area contributed by atoms with E-state index >= 15 is 0 Å². The Morgan fingerprint density at radius 1 is 1.21 bits per heavy atom. The van der Waals surface area contributed by atoms with Crippen LogP contribution < -0.4 is 4.74 Å². The van der Waals surface area contributed by atoms with E-state index in [0.29, 0.717) is 34.5 Å². The summed E-state index contributed by atoms with van der Waals surface area (Å²) in [5, 5.41) is 1.03. The van der Waals surface area contributed by atoms with Gasteiger partial charge in [-0.3, -0.25) is 0 Å². The highest BCUT2D eigenvalue weighted by molar-refractivity contribution is 6.35. The predicted molar refractivity (Wildman–Crippen MR) is 108 cm³/mol. The minimum Gasteiger partial charge on any atom is -0.497 e. The molecule has 2 aromatic carbocycles. The van der Waals surface area contributed by atoms with Gasteiger partial charge in [0.1, 0.15) is 5.75 Å². The van der Waals surface area contributed by atoms with Crippen molar-refractivity contribution in [1.29, 1.82) is 0 Å². The standard InChI is InChI=1S/C21H20Cl2N2O3/c1-25-10-9-24-20(25)21(18-8-5-15(22)12-19(18)23)27-13-17(28-21)11-14-3-6-16(26-2)7-4-14/h3-10,12,17H,11,13H2,1-2H3. The SMILES string of the molecule is COc1ccc(CC2COC(c3ccc(Cl)cc3Cl)(c3nccn3C)O2)cc1. The summed E-state index contributed by atoms with van der Waals surface area (Å²) in [7, 11) is 3.55. The summed E-state index contributed by atoms with van der Waals surface area (Å²) in [6.07, 6.45) is 4.10. The van der Waals surface area contributed by atoms with Gasteiger partial charge >= 0.3 is 0 Å². The molecule has 4 rings (SSSR count). The van der Waals surface area contributed by atoms with Crippen LogP contribution in [0.1, 0.15) is 17.0 Å². The number of ether oxygens (including phenoxy) is 3. The highest BCUT2D eigenvalue weighted by Gasteiger charge is 2.49. The van der Waals surface area contributed by atoms with Crippen LogP contribution in [0, 0.1) is 0 Å². The van der Waals surface area contributed by atoms with Gasteiger partial charge < -0.3 is 18.8 Å². The molecule has 0 amide bonds. The lowest BCUT2D eigenvalue weighted by Crippen LogP contribution is -2.33. The number of hydrogen-bond donors (Lipinski definition) is 0. The van der Waals surface area contributed by atoms with Gasteiger partial charge in [-0.2, -0.15) is 0 Å². The van der Waals surface area contributed by atoms with Gasteiger partial charge in [0.25, 0.3) is 5.79 Å². The number of imidazole rings is 1. The molecule has 1 aliphatic heterocycles. The van der Waals surface area contributed by atoms with Gasteiger partial charge in [0.2, 0.25) is 0 Å². The van der Waals surface area contributed by atoms with E-state index in [-0.39, 0.29) is 6.10 Å². The molecule has 5 nitrogen and oxygen atoms in total. The Morgan fingerprint density at radius 3 is 2.64 bits per heavy atom. The topological polar surface area (TPSA) is 45.5 Å². The van der Waals surface area contributed by atoms with Crippen molar-refractivity contribution in [2.75, 3.05) is 13.7 Å². The van der Waals surface area contributed by atoms with Crippen molar-refractivity contribution in [2.45, 2.75) is 18.3 Å². The molecule has 1 saturated heterocycles. The Balaban J connectivity index is 1.67. The fraction of sp³-hybridized carbons (Fsp3) is 0.286. The maximum absolute atomic E-state index is 6.51. The zero-order chi connectivity index (χ0) is 19.7. The molecular formula is C21H20Cl2N2O3. The molecule has 1 aliphatic rings. The van der Waals surface area contributed by atoms with Crippen molar-refractivity contribution in [3.05, 3.63) is 81.9 Å². The van der Waals surface area contributed by atoms with Crippen molar-refractivity contribution in [3.63, 3.8) is 0 Å². The molecule has 146 valence electrons. The van der Waals surface area contributed by atoms with Crippen LogP contribution in [0.3, 0.4) is 0 Å². The Labute approximate surface area is 173 Å². The van der Waals surface area contributed by atoms with Crippen molar-refractivity contribution in [3.8, 4) is 5.75 Å². The zero-order valence-corrected chi connectivity index (χ0v) is 17.1. The molecule has 2 unspecified atom stereocenters. The van der Waals surface area contributed by atoms with E-state index in [2.05, 4.69) is 4.98 Å². The molecule has 28 heavy (non-hydrogen) atoms. The maximum Gasteiger partial charge on any atom is 0.258 e. The Morgan fingerprint density at radius 2 is 2.00 bits per heavy atom. The number of methoxy groups -OCH3 is 1. The van der Waals surface area contributed by atoms with Crippen molar-refractivity contribution < 1.29 is 14.2 Å². The molecular weight excluding hydrogens is 399 g/mol. The normalized spacial score (nSPS) is 21.8. The Kier molecular flexibility index (Phi) is 5.34. The second-order valence-electron chi connectivity index (χ2n) is 6.71. The number of rotatable bonds is 5. The molecule has 0 saturated carbocycles. The summed E-state index contributed by atoms with van der Waals surface area (Å²) in [4.78, 5) is 4.48. The molecule has 0 bridgehead atoms. The third kappa shape index (κ3) is 3.51. The van der Waals surface area contributed by atoms with Crippen LogP contribution in [0.15, 0.2) is 54.9 Å². The molecule has 1 aromatic heterocycles. The predicted octanol–water partition coefficient (Wildman–Crippen LogP) is 4.59. The van der Waals surface area contributed by atoms with Gasteiger partial charge in [0, 0.05) is 36.4 Å². The fourth-order valence-corrected chi connectivity index (χ4v) is 3.99. The van der Waals surface area contributed by atoms with Gasteiger partial charge in [-0.1, -0.05) is 41.4 Å². The molecule has 0 radical (unpaired) electrons. The smallest absolute Gasteiger partial charge is 0.258 e. The van der Waals surface area contributed by atoms with Gasteiger partial charge in [-0.25, -0.2) is 4.98 Å². The van der Waals surface area contributed by atoms with Crippen molar-refractivity contribution >= 4 is 23.2 Å². The lowest BCUT2D eigenvalue weighted by molar-refractivity contribution is -0.149. The average Bonchev–Trinajstić information content (AvgIpc) is 3.29. The second-order valence-corrected chi connectivity index (χ2v) is 7.55. The fourth-order valence-electron chi connectivity index (χ4n) is 3.46. The molecule has 3 aromatic rings. The van der Waals surface area contributed by atoms with Crippen LogP contribution in [0.4, 0.5) is 0 Å². The number of halogens is 2. The molecule has 2 heterocycles. The summed E-state index contributed by atoms with van der Waals surface area (Å²) in [5.74, 6) is 0.272. The average molecular weight is 419 g/mol. The van der Waals surface area contributed by atoms with Gasteiger partial charge in [0.05, 0.1) is 24.8 Å². The lowest BCUT2D eigenvalue weighted by atomic mass is 10.0. The van der Waals surface area contributed by atoms with Crippen LogP contribution in [-0.4, -0.2) is 29.4 Å². The molecule has 1 fully saturated rings. The molecule has 0 N–H and O–H groups in total. The van der Waals surface area contributed by atoms with Crippen LogP contribution in [0.2, 0.25) is 10.0 Å². The Hall–Kier alpha value is -2.05. The Bertz CT molecular complexity index is 974. The first kappa shape index (κ1) is 19.3. The van der Waals surface area contributed by atoms with Crippen LogP contribution >= 0.6 is 23.2 Å². The largest absolute Gasteiger partial charge is 0.497 e. The third-order valence-electron chi connectivity index (χ3n) is 4.83. The summed E-state index contributed by atoms with van der Waals surface area (Å²) < 4.78 is 19.8. The minimum absolute atomic E-state index is 0.156. The molecule has 2 atom stereocenters. The quantitative estimate of drug-likeness (QED) is 0.607. The second kappa shape index (κ2) is 7.76. The van der Waals surface area contributed by atoms with Gasteiger partial charge in [0.15, 0.2) is 5.82 Å². The molecule has 0 spiro atoms. The van der Waals surface area contributed by atoms with Crippen molar-refractivity contribution in [1.82, 2.24) is 9.55 Å². The van der Waals surface area contributed by atoms with Crippen LogP contribution in [-0.2, 0) is 28.7 Å². The van der Waals surface area contributed by atoms with E-state index < -0.39 is 5.79 Å². The minimum atomic E-state index is -1.18.